The van der Waals surface area contributed by atoms with Crippen LogP contribution in [0.3, 0.4) is 0 Å². The third-order valence-corrected chi connectivity index (χ3v) is 6.07. The highest BCUT2D eigenvalue weighted by atomic mass is 16.5. The number of anilines is 1. The zero-order chi connectivity index (χ0) is 27.0. The van der Waals surface area contributed by atoms with E-state index in [1.807, 2.05) is 0 Å². The van der Waals surface area contributed by atoms with Crippen LogP contribution in [0.1, 0.15) is 67.2 Å². The molecule has 0 aliphatic carbocycles. The molecule has 0 radical (unpaired) electrons. The fourth-order valence-corrected chi connectivity index (χ4v) is 4.00. The van der Waals surface area contributed by atoms with Gasteiger partial charge in [-0.15, -0.1) is 0 Å². The molecule has 3 rings (SSSR count). The van der Waals surface area contributed by atoms with Gasteiger partial charge in [-0.3, -0.25) is 24.1 Å². The van der Waals surface area contributed by atoms with E-state index in [0.717, 1.165) is 11.3 Å². The van der Waals surface area contributed by atoms with Crippen LogP contribution in [0, 0.1) is 5.41 Å². The number of carbonyl (C=O) groups excluding carboxylic acids is 4. The van der Waals surface area contributed by atoms with Crippen LogP contribution in [-0.4, -0.2) is 74.2 Å². The Balaban J connectivity index is 1.39. The number of amides is 4. The average molecular weight is 516 g/mol. The predicted octanol–water partition coefficient (Wildman–Crippen LogP) is 2.89. The number of benzene rings is 1. The number of carbonyl (C=O) groups is 4. The number of allylic oxidation sites excluding steroid dienone is 1. The van der Waals surface area contributed by atoms with Gasteiger partial charge in [-0.25, -0.2) is 0 Å². The molecule has 10 nitrogen and oxygen atoms in total. The Morgan fingerprint density at radius 3 is 2.32 bits per heavy atom. The minimum atomic E-state index is -0.910. The van der Waals surface area contributed by atoms with Crippen LogP contribution in [0.5, 0.6) is 0 Å². The normalized spacial score (nSPS) is 17.7. The number of imide groups is 1. The molecule has 1 atom stereocenters. The molecular weight excluding hydrogens is 478 g/mol. The summed E-state index contributed by atoms with van der Waals surface area (Å²) in [4.78, 5) is 51.9. The van der Waals surface area contributed by atoms with Gasteiger partial charge >= 0.3 is 0 Å². The summed E-state index contributed by atoms with van der Waals surface area (Å²) < 4.78 is 16.4. The largest absolute Gasteiger partial charge is 0.379 e. The Bertz CT molecular complexity index is 1030. The molecule has 2 aliphatic heterocycles. The maximum absolute atomic E-state index is 13.1. The SMILES string of the molecule is C=C1CCC(N2C(=O)c3cccc(NC(=O)CCOCCOCCOCCC(C)(C)C)c3C2=O)C(=O)N1. The standard InChI is InChI=1S/C27H37N3O7/c1-18-8-9-21(24(32)28-18)30-25(33)19-6-5-7-20(23(19)26(30)34)29-22(31)10-12-35-14-16-37-17-15-36-13-11-27(2,3)4/h5-7,21H,1,8-17H2,2-4H3,(H,28,32)(H,29,31). The van der Waals surface area contributed by atoms with Gasteiger partial charge in [0.05, 0.1) is 56.3 Å². The molecule has 0 bridgehead atoms. The second kappa shape index (κ2) is 12.9. The van der Waals surface area contributed by atoms with Crippen LogP contribution in [0.4, 0.5) is 5.69 Å². The molecule has 2 N–H and O–H groups in total. The minimum absolute atomic E-state index is 0.0680. The zero-order valence-electron chi connectivity index (χ0n) is 21.9. The molecule has 2 heterocycles. The van der Waals surface area contributed by atoms with Crippen molar-refractivity contribution in [3.63, 3.8) is 0 Å². The second-order valence-electron chi connectivity index (χ2n) is 10.3. The molecule has 1 fully saturated rings. The first-order valence-electron chi connectivity index (χ1n) is 12.6. The van der Waals surface area contributed by atoms with Gasteiger partial charge < -0.3 is 24.8 Å². The quantitative estimate of drug-likeness (QED) is 0.306. The van der Waals surface area contributed by atoms with E-state index >= 15 is 0 Å². The van der Waals surface area contributed by atoms with Crippen LogP contribution < -0.4 is 10.6 Å². The number of rotatable bonds is 13. The van der Waals surface area contributed by atoms with E-state index in [-0.39, 0.29) is 41.2 Å². The lowest BCUT2D eigenvalue weighted by Gasteiger charge is -2.29. The molecule has 0 saturated carbocycles. The molecule has 1 unspecified atom stereocenters. The number of hydrogen-bond acceptors (Lipinski definition) is 7. The Hall–Kier alpha value is -3.08. The van der Waals surface area contributed by atoms with Gasteiger partial charge in [0.25, 0.3) is 11.8 Å². The first-order chi connectivity index (χ1) is 17.6. The summed E-state index contributed by atoms with van der Waals surface area (Å²) in [6, 6.07) is 3.76. The number of nitrogens with one attached hydrogen (secondary N) is 2. The van der Waals surface area contributed by atoms with Crippen molar-refractivity contribution >= 4 is 29.3 Å². The number of piperidine rings is 1. The highest BCUT2D eigenvalue weighted by molar-refractivity contribution is 6.25. The van der Waals surface area contributed by atoms with Gasteiger partial charge in [-0.1, -0.05) is 33.4 Å². The van der Waals surface area contributed by atoms with Crippen molar-refractivity contribution in [2.75, 3.05) is 45.0 Å². The van der Waals surface area contributed by atoms with Crippen molar-refractivity contribution in [3.8, 4) is 0 Å². The second-order valence-corrected chi connectivity index (χ2v) is 10.3. The number of fused-ring (bicyclic) bond motifs is 1. The highest BCUT2D eigenvalue weighted by Crippen LogP contribution is 2.32. The summed E-state index contributed by atoms with van der Waals surface area (Å²) in [6.45, 7) is 12.9. The lowest BCUT2D eigenvalue weighted by molar-refractivity contribution is -0.125. The summed E-state index contributed by atoms with van der Waals surface area (Å²) in [5, 5.41) is 5.30. The van der Waals surface area contributed by atoms with E-state index in [2.05, 4.69) is 38.0 Å². The fourth-order valence-electron chi connectivity index (χ4n) is 4.00. The topological polar surface area (TPSA) is 123 Å². The number of ether oxygens (including phenoxy) is 3. The molecule has 10 heteroatoms. The van der Waals surface area contributed by atoms with E-state index in [9.17, 15) is 19.2 Å². The van der Waals surface area contributed by atoms with Crippen LogP contribution in [0.2, 0.25) is 0 Å². The van der Waals surface area contributed by atoms with Crippen LogP contribution in [0.15, 0.2) is 30.5 Å². The first kappa shape index (κ1) is 28.5. The summed E-state index contributed by atoms with van der Waals surface area (Å²) >= 11 is 0. The average Bonchev–Trinajstić information content (AvgIpc) is 3.07. The molecule has 202 valence electrons. The molecule has 1 aromatic carbocycles. The van der Waals surface area contributed by atoms with Crippen molar-refractivity contribution in [2.24, 2.45) is 5.41 Å². The van der Waals surface area contributed by atoms with Gasteiger partial charge in [0.1, 0.15) is 6.04 Å². The maximum atomic E-state index is 13.1. The maximum Gasteiger partial charge on any atom is 0.264 e. The van der Waals surface area contributed by atoms with Gasteiger partial charge in [0.15, 0.2) is 0 Å². The molecule has 1 aromatic rings. The van der Waals surface area contributed by atoms with Crippen molar-refractivity contribution in [3.05, 3.63) is 41.6 Å². The zero-order valence-corrected chi connectivity index (χ0v) is 21.9. The smallest absolute Gasteiger partial charge is 0.264 e. The summed E-state index contributed by atoms with van der Waals surface area (Å²) in [7, 11) is 0. The summed E-state index contributed by atoms with van der Waals surface area (Å²) in [5.74, 6) is -1.94. The molecule has 37 heavy (non-hydrogen) atoms. The summed E-state index contributed by atoms with van der Waals surface area (Å²) in [5.41, 5.74) is 1.30. The van der Waals surface area contributed by atoms with E-state index in [0.29, 0.717) is 51.6 Å². The van der Waals surface area contributed by atoms with Crippen molar-refractivity contribution in [1.29, 1.82) is 0 Å². The van der Waals surface area contributed by atoms with Gasteiger partial charge in [0, 0.05) is 12.3 Å². The predicted molar refractivity (Wildman–Crippen MR) is 137 cm³/mol. The number of hydrogen-bond donors (Lipinski definition) is 2. The van der Waals surface area contributed by atoms with E-state index < -0.39 is 23.8 Å². The Labute approximate surface area is 217 Å². The Kier molecular flexibility index (Phi) is 9.96. The Morgan fingerprint density at radius 2 is 1.68 bits per heavy atom. The molecular formula is C27H37N3O7. The van der Waals surface area contributed by atoms with E-state index in [4.69, 9.17) is 14.2 Å². The van der Waals surface area contributed by atoms with Crippen LogP contribution in [-0.2, 0) is 23.8 Å². The first-order valence-corrected chi connectivity index (χ1v) is 12.6. The van der Waals surface area contributed by atoms with Crippen molar-refractivity contribution in [2.45, 2.75) is 52.5 Å². The Morgan fingerprint density at radius 1 is 1.03 bits per heavy atom. The fraction of sp³-hybridized carbons (Fsp3) is 0.556. The molecule has 0 aromatic heterocycles. The third kappa shape index (κ3) is 7.95. The summed E-state index contributed by atoms with van der Waals surface area (Å²) in [6.07, 6.45) is 1.84. The van der Waals surface area contributed by atoms with Crippen LogP contribution >= 0.6 is 0 Å². The molecule has 1 saturated heterocycles. The third-order valence-electron chi connectivity index (χ3n) is 6.07. The molecule has 4 amide bonds. The monoisotopic (exact) mass is 515 g/mol. The van der Waals surface area contributed by atoms with Crippen LogP contribution in [0.25, 0.3) is 0 Å². The van der Waals surface area contributed by atoms with Crippen molar-refractivity contribution < 1.29 is 33.4 Å². The minimum Gasteiger partial charge on any atom is -0.379 e. The van der Waals surface area contributed by atoms with Gasteiger partial charge in [-0.2, -0.15) is 0 Å². The molecule has 0 spiro atoms. The molecule has 2 aliphatic rings. The highest BCUT2D eigenvalue weighted by Gasteiger charge is 2.45. The van der Waals surface area contributed by atoms with Gasteiger partial charge in [0.2, 0.25) is 11.8 Å². The van der Waals surface area contributed by atoms with Gasteiger partial charge in [-0.05, 0) is 36.8 Å². The lowest BCUT2D eigenvalue weighted by Crippen LogP contribution is -2.51. The van der Waals surface area contributed by atoms with E-state index in [1.165, 1.54) is 6.07 Å². The lowest BCUT2D eigenvalue weighted by atomic mass is 9.93. The van der Waals surface area contributed by atoms with E-state index in [1.54, 1.807) is 12.1 Å². The van der Waals surface area contributed by atoms with Crippen molar-refractivity contribution in [1.82, 2.24) is 10.2 Å². The number of nitrogens with zero attached hydrogens (tertiary/aromatic N) is 1.